The molecule has 5 nitrogen and oxygen atoms in total. The minimum absolute atomic E-state index is 0.0349. The van der Waals surface area contributed by atoms with Gasteiger partial charge < -0.3 is 14.7 Å². The third-order valence-electron chi connectivity index (χ3n) is 4.31. The lowest BCUT2D eigenvalue weighted by Crippen LogP contribution is -2.36. The largest absolute Gasteiger partial charge is 0.481 e. The molecule has 0 aromatic heterocycles. The van der Waals surface area contributed by atoms with Crippen LogP contribution in [0.1, 0.15) is 30.9 Å². The van der Waals surface area contributed by atoms with Crippen molar-refractivity contribution in [3.05, 3.63) is 35.9 Å². The van der Waals surface area contributed by atoms with Crippen molar-refractivity contribution in [2.75, 3.05) is 13.2 Å². The number of hydrogen-bond acceptors (Lipinski definition) is 3. The second-order valence-corrected chi connectivity index (χ2v) is 5.69. The summed E-state index contributed by atoms with van der Waals surface area (Å²) in [4.78, 5) is 25.5. The Labute approximate surface area is 123 Å². The minimum Gasteiger partial charge on any atom is -0.481 e. The molecule has 0 radical (unpaired) electrons. The van der Waals surface area contributed by atoms with E-state index in [2.05, 4.69) is 0 Å². The van der Waals surface area contributed by atoms with Gasteiger partial charge in [-0.25, -0.2) is 0 Å². The van der Waals surface area contributed by atoms with Gasteiger partial charge in [-0.15, -0.1) is 0 Å². The van der Waals surface area contributed by atoms with Crippen molar-refractivity contribution < 1.29 is 19.4 Å². The molecule has 112 valence electrons. The molecular formula is C16H19NO4. The second-order valence-electron chi connectivity index (χ2n) is 5.69. The summed E-state index contributed by atoms with van der Waals surface area (Å²) in [6, 6.07) is 9.03. The van der Waals surface area contributed by atoms with Gasteiger partial charge in [0, 0.05) is 19.6 Å². The first-order chi connectivity index (χ1) is 10.2. The molecular weight excluding hydrogens is 270 g/mol. The predicted octanol–water partition coefficient (Wildman–Crippen LogP) is 1.84. The predicted molar refractivity (Wildman–Crippen MR) is 75.6 cm³/mol. The maximum atomic E-state index is 12.3. The van der Waals surface area contributed by atoms with Gasteiger partial charge in [-0.3, -0.25) is 9.59 Å². The molecule has 1 aromatic carbocycles. The van der Waals surface area contributed by atoms with E-state index in [0.29, 0.717) is 6.54 Å². The monoisotopic (exact) mass is 289 g/mol. The normalized spacial score (nSPS) is 29.0. The first kappa shape index (κ1) is 14.1. The highest BCUT2D eigenvalue weighted by Crippen LogP contribution is 2.38. The molecule has 0 spiro atoms. The number of nitrogens with zero attached hydrogens (tertiary/aromatic N) is 1. The number of amides is 1. The summed E-state index contributed by atoms with van der Waals surface area (Å²) in [5, 5.41) is 9.43. The molecule has 0 unspecified atom stereocenters. The Morgan fingerprint density at radius 2 is 2.10 bits per heavy atom. The van der Waals surface area contributed by atoms with Crippen LogP contribution in [0.4, 0.5) is 0 Å². The molecule has 1 amide bonds. The van der Waals surface area contributed by atoms with Crippen molar-refractivity contribution in [3.8, 4) is 0 Å². The number of likely N-dealkylation sites (tertiary alicyclic amines) is 1. The van der Waals surface area contributed by atoms with E-state index >= 15 is 0 Å². The second kappa shape index (κ2) is 5.85. The van der Waals surface area contributed by atoms with E-state index < -0.39 is 11.9 Å². The highest BCUT2D eigenvalue weighted by Gasteiger charge is 2.45. The van der Waals surface area contributed by atoms with E-state index in [0.717, 1.165) is 25.0 Å². The molecule has 2 heterocycles. The number of ether oxygens (including phenoxy) is 1. The van der Waals surface area contributed by atoms with Crippen LogP contribution in [0.25, 0.3) is 0 Å². The number of carboxylic acids is 1. The Balaban J connectivity index is 1.87. The summed E-state index contributed by atoms with van der Waals surface area (Å²) >= 11 is 0. The van der Waals surface area contributed by atoms with Crippen molar-refractivity contribution in [3.63, 3.8) is 0 Å². The molecule has 3 rings (SSSR count). The lowest BCUT2D eigenvalue weighted by Gasteiger charge is -2.29. The van der Waals surface area contributed by atoms with Gasteiger partial charge in [0.25, 0.3) is 0 Å². The first-order valence-corrected chi connectivity index (χ1v) is 7.35. The maximum Gasteiger partial charge on any atom is 0.309 e. The van der Waals surface area contributed by atoms with E-state index in [9.17, 15) is 14.7 Å². The van der Waals surface area contributed by atoms with Crippen LogP contribution in [0.2, 0.25) is 0 Å². The van der Waals surface area contributed by atoms with Crippen LogP contribution in [-0.2, 0) is 14.3 Å². The molecule has 5 heteroatoms. The fourth-order valence-corrected chi connectivity index (χ4v) is 3.30. The SMILES string of the molecule is O=C(O)[C@@H]1CC(=O)N(C[C@@H]2CCCO2)[C@@H]1c1ccccc1. The van der Waals surface area contributed by atoms with Crippen LogP contribution in [0.3, 0.4) is 0 Å². The summed E-state index contributed by atoms with van der Waals surface area (Å²) in [5.74, 6) is -1.68. The Hall–Kier alpha value is -1.88. The fraction of sp³-hybridized carbons (Fsp3) is 0.500. The number of carboxylic acid groups (broad SMARTS) is 1. The molecule has 0 aliphatic carbocycles. The van der Waals surface area contributed by atoms with Crippen LogP contribution in [0.15, 0.2) is 30.3 Å². The number of aliphatic carboxylic acids is 1. The number of benzene rings is 1. The lowest BCUT2D eigenvalue weighted by atomic mass is 9.93. The van der Waals surface area contributed by atoms with E-state index in [1.54, 1.807) is 4.90 Å². The van der Waals surface area contributed by atoms with Crippen LogP contribution in [0, 0.1) is 5.92 Å². The van der Waals surface area contributed by atoms with Gasteiger partial charge in [0.05, 0.1) is 18.1 Å². The van der Waals surface area contributed by atoms with Crippen LogP contribution >= 0.6 is 0 Å². The number of rotatable bonds is 4. The smallest absolute Gasteiger partial charge is 0.309 e. The number of carbonyl (C=O) groups excluding carboxylic acids is 1. The van der Waals surface area contributed by atoms with Crippen LogP contribution in [0.5, 0.6) is 0 Å². The zero-order valence-corrected chi connectivity index (χ0v) is 11.8. The van der Waals surface area contributed by atoms with Crippen LogP contribution in [-0.4, -0.2) is 41.1 Å². The van der Waals surface area contributed by atoms with Crippen molar-refractivity contribution >= 4 is 11.9 Å². The number of carbonyl (C=O) groups is 2. The van der Waals surface area contributed by atoms with Crippen molar-refractivity contribution in [1.82, 2.24) is 4.90 Å². The van der Waals surface area contributed by atoms with Gasteiger partial charge in [-0.1, -0.05) is 30.3 Å². The fourth-order valence-electron chi connectivity index (χ4n) is 3.30. The van der Waals surface area contributed by atoms with Crippen molar-refractivity contribution in [2.45, 2.75) is 31.4 Å². The standard InChI is InChI=1S/C16H19NO4/c18-14-9-13(16(19)20)15(11-5-2-1-3-6-11)17(14)10-12-7-4-8-21-12/h1-3,5-6,12-13,15H,4,7-10H2,(H,19,20)/t12-,13+,15+/m0/s1. The Kier molecular flexibility index (Phi) is 3.92. The third-order valence-corrected chi connectivity index (χ3v) is 4.31. The summed E-state index contributed by atoms with van der Waals surface area (Å²) in [6.07, 6.45) is 2.04. The van der Waals surface area contributed by atoms with Crippen molar-refractivity contribution in [2.24, 2.45) is 5.92 Å². The van der Waals surface area contributed by atoms with Gasteiger partial charge >= 0.3 is 5.97 Å². The third kappa shape index (κ3) is 2.78. The van der Waals surface area contributed by atoms with E-state index in [-0.39, 0.29) is 24.5 Å². The highest BCUT2D eigenvalue weighted by atomic mass is 16.5. The Morgan fingerprint density at radius 3 is 2.71 bits per heavy atom. The number of hydrogen-bond donors (Lipinski definition) is 1. The van der Waals surface area contributed by atoms with E-state index in [4.69, 9.17) is 4.74 Å². The Bertz CT molecular complexity index is 524. The average Bonchev–Trinajstić information content (AvgIpc) is 3.09. The molecule has 1 N–H and O–H groups in total. The van der Waals surface area contributed by atoms with Gasteiger partial charge in [0.1, 0.15) is 0 Å². The van der Waals surface area contributed by atoms with Gasteiger partial charge in [-0.2, -0.15) is 0 Å². The van der Waals surface area contributed by atoms with Gasteiger partial charge in [0.15, 0.2) is 0 Å². The molecule has 2 aliphatic heterocycles. The van der Waals surface area contributed by atoms with E-state index in [1.807, 2.05) is 30.3 Å². The first-order valence-electron chi connectivity index (χ1n) is 7.35. The molecule has 3 atom stereocenters. The zero-order chi connectivity index (χ0) is 14.8. The molecule has 2 aliphatic rings. The summed E-state index contributed by atoms with van der Waals surface area (Å²) in [5.41, 5.74) is 0.883. The molecule has 0 saturated carbocycles. The molecule has 2 fully saturated rings. The van der Waals surface area contributed by atoms with E-state index in [1.165, 1.54) is 0 Å². The van der Waals surface area contributed by atoms with Gasteiger partial charge in [-0.05, 0) is 18.4 Å². The molecule has 21 heavy (non-hydrogen) atoms. The minimum atomic E-state index is -0.910. The summed E-state index contributed by atoms with van der Waals surface area (Å²) < 4.78 is 5.60. The summed E-state index contributed by atoms with van der Waals surface area (Å²) in [7, 11) is 0. The molecule has 2 saturated heterocycles. The van der Waals surface area contributed by atoms with Crippen LogP contribution < -0.4 is 0 Å². The zero-order valence-electron chi connectivity index (χ0n) is 11.8. The maximum absolute atomic E-state index is 12.3. The average molecular weight is 289 g/mol. The molecule has 0 bridgehead atoms. The van der Waals surface area contributed by atoms with Crippen molar-refractivity contribution in [1.29, 1.82) is 0 Å². The van der Waals surface area contributed by atoms with Gasteiger partial charge in [0.2, 0.25) is 5.91 Å². The topological polar surface area (TPSA) is 66.8 Å². The molecule has 1 aromatic rings. The lowest BCUT2D eigenvalue weighted by molar-refractivity contribution is -0.142. The quantitative estimate of drug-likeness (QED) is 0.918. The Morgan fingerprint density at radius 1 is 1.33 bits per heavy atom. The highest BCUT2D eigenvalue weighted by molar-refractivity contribution is 5.87. The summed E-state index contributed by atoms with van der Waals surface area (Å²) in [6.45, 7) is 1.22.